The molecule has 0 radical (unpaired) electrons. The molecule has 128 valence electrons. The zero-order valence-electron chi connectivity index (χ0n) is 14.8. The van der Waals surface area contributed by atoms with Gasteiger partial charge in [0.1, 0.15) is 12.7 Å². The molecular weight excluding hydrogens is 328 g/mol. The molecule has 0 saturated carbocycles. The Morgan fingerprint density at radius 3 is 2.48 bits per heavy atom. The molecule has 0 unspecified atom stereocenters. The van der Waals surface area contributed by atoms with Crippen LogP contribution >= 0.6 is 12.6 Å². The highest BCUT2D eigenvalue weighted by atomic mass is 32.1. The molecule has 25 heavy (non-hydrogen) atoms. The summed E-state index contributed by atoms with van der Waals surface area (Å²) in [5.74, 6) is 0.829. The molecule has 0 amide bonds. The van der Waals surface area contributed by atoms with Gasteiger partial charge >= 0.3 is 0 Å². The molecule has 0 spiro atoms. The predicted molar refractivity (Wildman–Crippen MR) is 108 cm³/mol. The van der Waals surface area contributed by atoms with Crippen LogP contribution in [0.25, 0.3) is 10.9 Å². The van der Waals surface area contributed by atoms with E-state index in [2.05, 4.69) is 83.7 Å². The number of benzene rings is 2. The average Bonchev–Trinajstić information content (AvgIpc) is 2.64. The van der Waals surface area contributed by atoms with Gasteiger partial charge in [-0.05, 0) is 30.3 Å². The van der Waals surface area contributed by atoms with Crippen LogP contribution < -0.4 is 9.47 Å². The molecule has 0 saturated heterocycles. The van der Waals surface area contributed by atoms with Crippen LogP contribution in [-0.4, -0.2) is 19.3 Å². The lowest BCUT2D eigenvalue weighted by Crippen LogP contribution is -2.32. The Kier molecular flexibility index (Phi) is 5.34. The van der Waals surface area contributed by atoms with E-state index in [1.54, 1.807) is 0 Å². The van der Waals surface area contributed by atoms with Gasteiger partial charge in [-0.15, -0.1) is 5.11 Å². The van der Waals surface area contributed by atoms with E-state index in [4.69, 9.17) is 0 Å². The van der Waals surface area contributed by atoms with Gasteiger partial charge in [0, 0.05) is 44.1 Å². The van der Waals surface area contributed by atoms with Crippen LogP contribution in [0.2, 0.25) is 0 Å². The SMILES string of the molecule is Cc1cc(/N=N/c2ccc(N(C)CCS)cc2)c2ccccc2[n+]1C. The Labute approximate surface area is 154 Å². The van der Waals surface area contributed by atoms with E-state index in [0.717, 1.165) is 46.0 Å². The van der Waals surface area contributed by atoms with Crippen LogP contribution in [0, 0.1) is 6.92 Å². The third-order valence-corrected chi connectivity index (χ3v) is 4.62. The van der Waals surface area contributed by atoms with E-state index in [-0.39, 0.29) is 0 Å². The summed E-state index contributed by atoms with van der Waals surface area (Å²) >= 11 is 4.27. The van der Waals surface area contributed by atoms with Crippen molar-refractivity contribution >= 4 is 40.6 Å². The first-order valence-electron chi connectivity index (χ1n) is 8.32. The summed E-state index contributed by atoms with van der Waals surface area (Å²) in [7, 11) is 4.13. The number of pyridine rings is 1. The number of para-hydroxylation sites is 1. The van der Waals surface area contributed by atoms with E-state index in [1.165, 1.54) is 0 Å². The number of aryl methyl sites for hydroxylation is 2. The third kappa shape index (κ3) is 3.82. The Morgan fingerprint density at radius 2 is 1.76 bits per heavy atom. The summed E-state index contributed by atoms with van der Waals surface area (Å²) < 4.78 is 2.17. The number of aromatic nitrogens is 1. The summed E-state index contributed by atoms with van der Waals surface area (Å²) in [6, 6.07) is 18.4. The lowest BCUT2D eigenvalue weighted by atomic mass is 10.1. The lowest BCUT2D eigenvalue weighted by molar-refractivity contribution is -0.651. The number of rotatable bonds is 5. The van der Waals surface area contributed by atoms with Gasteiger partial charge in [0.2, 0.25) is 5.52 Å². The van der Waals surface area contributed by atoms with Gasteiger partial charge in [0.05, 0.1) is 11.1 Å². The first kappa shape index (κ1) is 17.4. The van der Waals surface area contributed by atoms with E-state index in [9.17, 15) is 0 Å². The summed E-state index contributed by atoms with van der Waals surface area (Å²) in [6.45, 7) is 2.99. The van der Waals surface area contributed by atoms with Crippen molar-refractivity contribution in [2.75, 3.05) is 24.2 Å². The predicted octanol–water partition coefficient (Wildman–Crippen LogP) is 4.75. The van der Waals surface area contributed by atoms with Gasteiger partial charge in [-0.2, -0.15) is 22.3 Å². The van der Waals surface area contributed by atoms with Gasteiger partial charge in [-0.25, -0.2) is 0 Å². The second-order valence-corrected chi connectivity index (χ2v) is 6.56. The number of anilines is 1. The minimum Gasteiger partial charge on any atom is -0.374 e. The Morgan fingerprint density at radius 1 is 1.04 bits per heavy atom. The highest BCUT2D eigenvalue weighted by Crippen LogP contribution is 2.27. The Balaban J connectivity index is 1.90. The zero-order valence-corrected chi connectivity index (χ0v) is 15.7. The van der Waals surface area contributed by atoms with Crippen LogP contribution in [0.3, 0.4) is 0 Å². The molecule has 3 aromatic rings. The molecule has 1 aromatic heterocycles. The smallest absolute Gasteiger partial charge is 0.214 e. The number of hydrogen-bond donors (Lipinski definition) is 1. The van der Waals surface area contributed by atoms with E-state index in [1.807, 2.05) is 24.3 Å². The molecule has 0 aliphatic carbocycles. The molecule has 2 aromatic carbocycles. The van der Waals surface area contributed by atoms with Gasteiger partial charge in [-0.1, -0.05) is 12.1 Å². The summed E-state index contributed by atoms with van der Waals surface area (Å²) in [5.41, 5.74) is 5.19. The highest BCUT2D eigenvalue weighted by molar-refractivity contribution is 7.80. The molecule has 0 aliphatic rings. The van der Waals surface area contributed by atoms with Crippen molar-refractivity contribution in [2.24, 2.45) is 17.3 Å². The minimum absolute atomic E-state index is 0.829. The van der Waals surface area contributed by atoms with Gasteiger partial charge < -0.3 is 4.90 Å². The fourth-order valence-electron chi connectivity index (χ4n) is 2.79. The second-order valence-electron chi connectivity index (χ2n) is 6.11. The van der Waals surface area contributed by atoms with E-state index in [0.29, 0.717) is 0 Å². The normalized spacial score (nSPS) is 11.4. The topological polar surface area (TPSA) is 31.8 Å². The average molecular weight is 351 g/mol. The standard InChI is InChI=1S/C20H22N4S/c1-15-14-19(18-6-4-5-7-20(18)24(15)3)22-21-16-8-10-17(11-9-16)23(2)12-13-25/h4-11,14H,12-13H2,1-3H3/p+1. The van der Waals surface area contributed by atoms with Crippen molar-refractivity contribution in [3.8, 4) is 0 Å². The Bertz CT molecular complexity index is 903. The van der Waals surface area contributed by atoms with Gasteiger partial charge in [0.15, 0.2) is 5.69 Å². The molecule has 0 aliphatic heterocycles. The van der Waals surface area contributed by atoms with Crippen molar-refractivity contribution in [2.45, 2.75) is 6.92 Å². The quantitative estimate of drug-likeness (QED) is 0.401. The van der Waals surface area contributed by atoms with E-state index < -0.39 is 0 Å². The van der Waals surface area contributed by atoms with Crippen LogP contribution in [0.15, 0.2) is 64.8 Å². The number of nitrogens with zero attached hydrogens (tertiary/aromatic N) is 4. The number of hydrogen-bond acceptors (Lipinski definition) is 4. The maximum absolute atomic E-state index is 4.50. The lowest BCUT2D eigenvalue weighted by Gasteiger charge is -2.17. The monoisotopic (exact) mass is 351 g/mol. The Hall–Kier alpha value is -2.40. The van der Waals surface area contributed by atoms with E-state index >= 15 is 0 Å². The first-order valence-corrected chi connectivity index (χ1v) is 8.95. The fraction of sp³-hybridized carbons (Fsp3) is 0.250. The van der Waals surface area contributed by atoms with Crippen molar-refractivity contribution in [1.29, 1.82) is 0 Å². The van der Waals surface area contributed by atoms with Crippen molar-refractivity contribution in [1.82, 2.24) is 0 Å². The van der Waals surface area contributed by atoms with Crippen molar-refractivity contribution < 1.29 is 4.57 Å². The molecule has 0 N–H and O–H groups in total. The van der Waals surface area contributed by atoms with Crippen LogP contribution in [-0.2, 0) is 7.05 Å². The maximum atomic E-state index is 4.50. The fourth-order valence-corrected chi connectivity index (χ4v) is 3.09. The summed E-state index contributed by atoms with van der Waals surface area (Å²) in [4.78, 5) is 2.17. The molecular formula is C20H23N4S+. The van der Waals surface area contributed by atoms with Crippen molar-refractivity contribution in [3.05, 3.63) is 60.3 Å². The van der Waals surface area contributed by atoms with Crippen LogP contribution in [0.4, 0.5) is 17.1 Å². The van der Waals surface area contributed by atoms with Gasteiger partial charge in [0.25, 0.3) is 0 Å². The third-order valence-electron chi connectivity index (χ3n) is 4.42. The molecule has 4 nitrogen and oxygen atoms in total. The van der Waals surface area contributed by atoms with Crippen molar-refractivity contribution in [3.63, 3.8) is 0 Å². The largest absolute Gasteiger partial charge is 0.374 e. The summed E-state index contributed by atoms with van der Waals surface area (Å²) in [5, 5.41) is 10.0. The highest BCUT2D eigenvalue weighted by Gasteiger charge is 2.12. The molecule has 0 fully saturated rings. The summed E-state index contributed by atoms with van der Waals surface area (Å²) in [6.07, 6.45) is 0. The molecule has 0 bridgehead atoms. The first-order chi connectivity index (χ1) is 12.1. The molecule has 0 atom stereocenters. The maximum Gasteiger partial charge on any atom is 0.214 e. The number of fused-ring (bicyclic) bond motifs is 1. The van der Waals surface area contributed by atoms with Crippen LogP contribution in [0.1, 0.15) is 5.69 Å². The number of azo groups is 1. The van der Waals surface area contributed by atoms with Crippen LogP contribution in [0.5, 0.6) is 0 Å². The molecule has 1 heterocycles. The molecule has 5 heteroatoms. The minimum atomic E-state index is 0.829. The zero-order chi connectivity index (χ0) is 17.8. The van der Waals surface area contributed by atoms with Gasteiger partial charge in [-0.3, -0.25) is 0 Å². The molecule has 3 rings (SSSR count). The number of thiol groups is 1. The second kappa shape index (κ2) is 7.66.